The molecule has 3 heterocycles. The third-order valence-electron chi connectivity index (χ3n) is 6.35. The summed E-state index contributed by atoms with van der Waals surface area (Å²) in [4.78, 5) is 32.4. The van der Waals surface area contributed by atoms with Gasteiger partial charge in [0, 0.05) is 36.8 Å². The second-order valence-electron chi connectivity index (χ2n) is 8.37. The number of carbonyl (C=O) groups is 2. The lowest BCUT2D eigenvalue weighted by Crippen LogP contribution is -2.41. The van der Waals surface area contributed by atoms with Crippen molar-refractivity contribution in [2.24, 2.45) is 16.6 Å². The summed E-state index contributed by atoms with van der Waals surface area (Å²) in [7, 11) is 0. The summed E-state index contributed by atoms with van der Waals surface area (Å²) in [5.41, 5.74) is 9.33. The molecule has 168 valence electrons. The third kappa shape index (κ3) is 3.98. The van der Waals surface area contributed by atoms with E-state index in [1.807, 2.05) is 35.2 Å². The summed E-state index contributed by atoms with van der Waals surface area (Å²) >= 11 is 0. The van der Waals surface area contributed by atoms with E-state index in [-0.39, 0.29) is 36.5 Å². The molecule has 1 aromatic heterocycles. The van der Waals surface area contributed by atoms with Crippen molar-refractivity contribution >= 4 is 23.3 Å². The summed E-state index contributed by atoms with van der Waals surface area (Å²) in [5.74, 6) is 0.0999. The summed E-state index contributed by atoms with van der Waals surface area (Å²) in [5, 5.41) is 4.39. The molecule has 1 saturated heterocycles. The number of nitrogens with two attached hydrogens (primary N) is 1. The van der Waals surface area contributed by atoms with Crippen molar-refractivity contribution in [3.63, 3.8) is 0 Å². The van der Waals surface area contributed by atoms with Gasteiger partial charge in [0.2, 0.25) is 0 Å². The Morgan fingerprint density at radius 3 is 2.42 bits per heavy atom. The Balaban J connectivity index is 1.40. The molecule has 5 rings (SSSR count). The van der Waals surface area contributed by atoms with Crippen LogP contribution in [0.25, 0.3) is 11.1 Å². The fourth-order valence-corrected chi connectivity index (χ4v) is 4.61. The lowest BCUT2D eigenvalue weighted by molar-refractivity contribution is 0.0707. The van der Waals surface area contributed by atoms with Crippen LogP contribution in [0.1, 0.15) is 40.1 Å². The maximum atomic E-state index is 13.5. The number of hydrogen-bond donors (Lipinski definition) is 1. The molecular weight excluding hydrogens is 421 g/mol. The van der Waals surface area contributed by atoms with E-state index < -0.39 is 0 Å². The van der Waals surface area contributed by atoms with Crippen molar-refractivity contribution < 1.29 is 14.0 Å². The number of fused-ring (bicyclic) bond motifs is 1. The first-order valence-corrected chi connectivity index (χ1v) is 11.1. The predicted octanol–water partition coefficient (Wildman–Crippen LogP) is 3.82. The summed E-state index contributed by atoms with van der Waals surface area (Å²) in [6.45, 7) is 1.37. The van der Waals surface area contributed by atoms with Crippen molar-refractivity contribution in [2.45, 2.75) is 25.8 Å². The molecule has 0 spiro atoms. The lowest BCUT2D eigenvalue weighted by atomic mass is 9.89. The van der Waals surface area contributed by atoms with Crippen LogP contribution in [0.2, 0.25) is 0 Å². The highest BCUT2D eigenvalue weighted by molar-refractivity contribution is 6.08. The van der Waals surface area contributed by atoms with Crippen LogP contribution in [0.15, 0.2) is 59.6 Å². The third-order valence-corrected chi connectivity index (χ3v) is 6.35. The van der Waals surface area contributed by atoms with Crippen molar-refractivity contribution in [3.05, 3.63) is 71.7 Å². The molecule has 3 aromatic rings. The normalized spacial score (nSPS) is 16.5. The second kappa shape index (κ2) is 8.71. The molecule has 1 amide bonds. The number of piperidine rings is 1. The standard InChI is InChI=1S/C25H24FN5O2/c26-19-8-6-17(7-9-19)23-21(15-27)29-31-22(32)14-20(28-24(23)31)16-10-12-30(13-11-16)25(33)18-4-2-1-3-5-18/h1-9,16H,10-15,27H2. The largest absolute Gasteiger partial charge is 0.339 e. The Kier molecular flexibility index (Phi) is 5.60. The van der Waals surface area contributed by atoms with Crippen LogP contribution in [-0.4, -0.2) is 45.3 Å². The van der Waals surface area contributed by atoms with Gasteiger partial charge in [0.1, 0.15) is 5.82 Å². The van der Waals surface area contributed by atoms with E-state index in [1.54, 1.807) is 12.1 Å². The Bertz CT molecular complexity index is 1230. The first-order chi connectivity index (χ1) is 16.0. The van der Waals surface area contributed by atoms with Gasteiger partial charge in [0.25, 0.3) is 11.8 Å². The average molecular weight is 445 g/mol. The molecule has 0 unspecified atom stereocenters. The highest BCUT2D eigenvalue weighted by atomic mass is 19.1. The maximum Gasteiger partial charge on any atom is 0.254 e. The van der Waals surface area contributed by atoms with E-state index >= 15 is 0 Å². The average Bonchev–Trinajstić information content (AvgIpc) is 3.24. The minimum Gasteiger partial charge on any atom is -0.339 e. The number of hydrogen-bond acceptors (Lipinski definition) is 5. The highest BCUT2D eigenvalue weighted by Crippen LogP contribution is 2.37. The van der Waals surface area contributed by atoms with E-state index in [4.69, 9.17) is 10.7 Å². The van der Waals surface area contributed by atoms with E-state index in [1.165, 1.54) is 16.8 Å². The molecule has 2 aliphatic rings. The molecular formula is C25H24FN5O2. The molecule has 1 fully saturated rings. The van der Waals surface area contributed by atoms with Gasteiger partial charge < -0.3 is 10.6 Å². The number of aromatic nitrogens is 2. The summed E-state index contributed by atoms with van der Waals surface area (Å²) < 4.78 is 14.8. The molecule has 0 radical (unpaired) electrons. The van der Waals surface area contributed by atoms with E-state index in [0.29, 0.717) is 35.7 Å². The van der Waals surface area contributed by atoms with Crippen LogP contribution in [-0.2, 0) is 6.54 Å². The zero-order valence-electron chi connectivity index (χ0n) is 18.1. The van der Waals surface area contributed by atoms with Gasteiger partial charge in [-0.2, -0.15) is 9.78 Å². The van der Waals surface area contributed by atoms with Gasteiger partial charge >= 0.3 is 0 Å². The van der Waals surface area contributed by atoms with Gasteiger partial charge in [0.05, 0.1) is 17.7 Å². The van der Waals surface area contributed by atoms with Crippen LogP contribution in [0.3, 0.4) is 0 Å². The number of carbonyl (C=O) groups excluding carboxylic acids is 2. The number of halogens is 1. The summed E-state index contributed by atoms with van der Waals surface area (Å²) in [6.07, 6.45) is 1.68. The van der Waals surface area contributed by atoms with Crippen molar-refractivity contribution in [1.29, 1.82) is 0 Å². The van der Waals surface area contributed by atoms with Crippen molar-refractivity contribution in [3.8, 4) is 11.1 Å². The fourth-order valence-electron chi connectivity index (χ4n) is 4.61. The smallest absolute Gasteiger partial charge is 0.254 e. The molecule has 0 atom stereocenters. The molecule has 2 aliphatic heterocycles. The monoisotopic (exact) mass is 445 g/mol. The highest BCUT2D eigenvalue weighted by Gasteiger charge is 2.33. The lowest BCUT2D eigenvalue weighted by Gasteiger charge is -2.33. The number of likely N-dealkylation sites (tertiary alicyclic amines) is 1. The first kappa shape index (κ1) is 21.2. The predicted molar refractivity (Wildman–Crippen MR) is 123 cm³/mol. The molecule has 7 nitrogen and oxygen atoms in total. The zero-order chi connectivity index (χ0) is 22.9. The van der Waals surface area contributed by atoms with Gasteiger partial charge in [0.15, 0.2) is 5.82 Å². The molecule has 0 saturated carbocycles. The molecule has 2 aromatic carbocycles. The van der Waals surface area contributed by atoms with Crippen LogP contribution < -0.4 is 5.73 Å². The van der Waals surface area contributed by atoms with Crippen LogP contribution in [0.5, 0.6) is 0 Å². The maximum absolute atomic E-state index is 13.5. The van der Waals surface area contributed by atoms with E-state index in [2.05, 4.69) is 5.10 Å². The Morgan fingerprint density at radius 1 is 1.06 bits per heavy atom. The van der Waals surface area contributed by atoms with Gasteiger partial charge in [-0.15, -0.1) is 0 Å². The Hall–Kier alpha value is -3.65. The second-order valence-corrected chi connectivity index (χ2v) is 8.37. The molecule has 0 bridgehead atoms. The van der Waals surface area contributed by atoms with Crippen molar-refractivity contribution in [2.75, 3.05) is 13.1 Å². The molecule has 33 heavy (non-hydrogen) atoms. The number of benzene rings is 2. The molecule has 8 heteroatoms. The van der Waals surface area contributed by atoms with Crippen molar-refractivity contribution in [1.82, 2.24) is 14.7 Å². The molecule has 0 aliphatic carbocycles. The molecule has 2 N–H and O–H groups in total. The number of nitrogens with zero attached hydrogens (tertiary/aromatic N) is 4. The summed E-state index contributed by atoms with van der Waals surface area (Å²) in [6, 6.07) is 15.3. The Labute approximate surface area is 190 Å². The van der Waals surface area contributed by atoms with Gasteiger partial charge in [-0.05, 0) is 42.7 Å². The van der Waals surface area contributed by atoms with Gasteiger partial charge in [-0.3, -0.25) is 9.59 Å². The van der Waals surface area contributed by atoms with E-state index in [0.717, 1.165) is 24.1 Å². The number of amides is 1. The quantitative estimate of drug-likeness (QED) is 0.661. The van der Waals surface area contributed by atoms with Gasteiger partial charge in [-0.25, -0.2) is 9.38 Å². The first-order valence-electron chi connectivity index (χ1n) is 11.1. The van der Waals surface area contributed by atoms with Gasteiger partial charge in [-0.1, -0.05) is 30.3 Å². The van der Waals surface area contributed by atoms with Crippen LogP contribution >= 0.6 is 0 Å². The topological polar surface area (TPSA) is 93.6 Å². The van der Waals surface area contributed by atoms with Crippen LogP contribution in [0, 0.1) is 11.7 Å². The Morgan fingerprint density at radius 2 is 1.76 bits per heavy atom. The van der Waals surface area contributed by atoms with E-state index in [9.17, 15) is 14.0 Å². The number of aliphatic imine (C=N–C) groups is 1. The minimum absolute atomic E-state index is 0.0277. The SMILES string of the molecule is NCc1nn2c(c1-c1ccc(F)cc1)N=C(C1CCN(C(=O)c3ccccc3)CC1)CC2=O. The van der Waals surface area contributed by atoms with Crippen LogP contribution in [0.4, 0.5) is 10.2 Å². The minimum atomic E-state index is -0.342. The zero-order valence-corrected chi connectivity index (χ0v) is 18.1. The number of rotatable bonds is 4. The fraction of sp³-hybridized carbons (Fsp3) is 0.280.